The van der Waals surface area contributed by atoms with E-state index in [9.17, 15) is 0 Å². The molecule has 2 heterocycles. The topological polar surface area (TPSA) is 21.7 Å². The minimum Gasteiger partial charge on any atom is -0.350 e. The summed E-state index contributed by atoms with van der Waals surface area (Å²) in [6.07, 6.45) is 2.38. The molecule has 0 N–H and O–H groups in total. The summed E-state index contributed by atoms with van der Waals surface area (Å²) >= 11 is 5.90. The van der Waals surface area contributed by atoms with Gasteiger partial charge in [0.05, 0.1) is 13.2 Å². The van der Waals surface area contributed by atoms with Gasteiger partial charge < -0.3 is 9.47 Å². The van der Waals surface area contributed by atoms with Gasteiger partial charge in [0.15, 0.2) is 6.29 Å². The Bertz CT molecular complexity index is 395. The van der Waals surface area contributed by atoms with Crippen LogP contribution in [0.1, 0.15) is 18.4 Å². The predicted octanol–water partition coefficient (Wildman–Crippen LogP) is 2.92. The molecule has 0 radical (unpaired) electrons. The number of ether oxygens (including phenoxy) is 2. The Morgan fingerprint density at radius 3 is 2.32 bits per heavy atom. The minimum atomic E-state index is 0.0534. The number of benzene rings is 1. The molecule has 3 rings (SSSR count). The minimum absolute atomic E-state index is 0.0534. The van der Waals surface area contributed by atoms with Crippen molar-refractivity contribution in [3.8, 4) is 0 Å². The molecule has 2 aliphatic rings. The van der Waals surface area contributed by atoms with Crippen molar-refractivity contribution >= 4 is 11.6 Å². The lowest BCUT2D eigenvalue weighted by Gasteiger charge is -2.33. The molecule has 4 heteroatoms. The molecular weight excluding hydrogens is 262 g/mol. The molecule has 0 saturated carbocycles. The summed E-state index contributed by atoms with van der Waals surface area (Å²) in [6, 6.07) is 8.14. The van der Waals surface area contributed by atoms with Crippen molar-refractivity contribution in [3.63, 3.8) is 0 Å². The number of nitrogens with zero attached hydrogens (tertiary/aromatic N) is 1. The number of halogens is 1. The predicted molar refractivity (Wildman–Crippen MR) is 75.1 cm³/mol. The Kier molecular flexibility index (Phi) is 4.38. The molecule has 0 atom stereocenters. The fourth-order valence-electron chi connectivity index (χ4n) is 2.88. The highest BCUT2D eigenvalue weighted by Crippen LogP contribution is 2.26. The van der Waals surface area contributed by atoms with Crippen molar-refractivity contribution < 1.29 is 9.47 Å². The van der Waals surface area contributed by atoms with E-state index in [4.69, 9.17) is 21.1 Å². The Balaban J connectivity index is 1.48. The highest BCUT2D eigenvalue weighted by Gasteiger charge is 2.30. The van der Waals surface area contributed by atoms with Crippen LogP contribution in [0.25, 0.3) is 0 Å². The monoisotopic (exact) mass is 281 g/mol. The summed E-state index contributed by atoms with van der Waals surface area (Å²) in [4.78, 5) is 2.49. The fraction of sp³-hybridized carbons (Fsp3) is 0.600. The van der Waals surface area contributed by atoms with E-state index in [0.717, 1.165) is 50.7 Å². The molecule has 0 bridgehead atoms. The normalized spacial score (nSPS) is 23.0. The van der Waals surface area contributed by atoms with E-state index in [1.807, 2.05) is 12.1 Å². The number of hydrogen-bond acceptors (Lipinski definition) is 3. The zero-order valence-corrected chi connectivity index (χ0v) is 11.8. The summed E-state index contributed by atoms with van der Waals surface area (Å²) < 4.78 is 11.2. The van der Waals surface area contributed by atoms with Gasteiger partial charge >= 0.3 is 0 Å². The summed E-state index contributed by atoms with van der Waals surface area (Å²) in [5.41, 5.74) is 1.33. The van der Waals surface area contributed by atoms with Crippen LogP contribution in [0.4, 0.5) is 0 Å². The molecule has 2 fully saturated rings. The van der Waals surface area contributed by atoms with Gasteiger partial charge in [0.2, 0.25) is 0 Å². The average molecular weight is 282 g/mol. The van der Waals surface area contributed by atoms with Crippen LogP contribution in [-0.4, -0.2) is 37.5 Å². The first-order valence-electron chi connectivity index (χ1n) is 7.01. The van der Waals surface area contributed by atoms with Crippen molar-refractivity contribution in [2.45, 2.75) is 25.7 Å². The van der Waals surface area contributed by atoms with Crippen LogP contribution in [0.2, 0.25) is 5.02 Å². The molecule has 19 heavy (non-hydrogen) atoms. The Labute approximate surface area is 119 Å². The van der Waals surface area contributed by atoms with Gasteiger partial charge in [0, 0.05) is 17.5 Å². The largest absolute Gasteiger partial charge is 0.350 e. The second-order valence-corrected chi connectivity index (χ2v) is 5.79. The van der Waals surface area contributed by atoms with E-state index in [2.05, 4.69) is 17.0 Å². The molecule has 0 unspecified atom stereocenters. The van der Waals surface area contributed by atoms with Crippen LogP contribution in [0.15, 0.2) is 24.3 Å². The molecule has 3 nitrogen and oxygen atoms in total. The first kappa shape index (κ1) is 13.4. The quantitative estimate of drug-likeness (QED) is 0.850. The summed E-state index contributed by atoms with van der Waals surface area (Å²) in [6.45, 7) is 4.77. The zero-order chi connectivity index (χ0) is 13.1. The van der Waals surface area contributed by atoms with Crippen LogP contribution in [0.5, 0.6) is 0 Å². The van der Waals surface area contributed by atoms with Gasteiger partial charge in [-0.25, -0.2) is 0 Å². The van der Waals surface area contributed by atoms with E-state index >= 15 is 0 Å². The molecule has 1 aromatic rings. The first-order chi connectivity index (χ1) is 9.31. The highest BCUT2D eigenvalue weighted by molar-refractivity contribution is 6.30. The Hall–Kier alpha value is -0.610. The van der Waals surface area contributed by atoms with E-state index < -0.39 is 0 Å². The zero-order valence-electron chi connectivity index (χ0n) is 11.1. The van der Waals surface area contributed by atoms with Crippen molar-refractivity contribution in [2.75, 3.05) is 26.3 Å². The lowest BCUT2D eigenvalue weighted by atomic mass is 9.96. The molecule has 2 saturated heterocycles. The van der Waals surface area contributed by atoms with Gasteiger partial charge in [-0.2, -0.15) is 0 Å². The SMILES string of the molecule is Clc1ccc(CN2CCC(C3OCCO3)CC2)cc1. The van der Waals surface area contributed by atoms with E-state index in [1.165, 1.54) is 5.56 Å². The molecule has 2 aliphatic heterocycles. The maximum atomic E-state index is 5.90. The van der Waals surface area contributed by atoms with E-state index in [0.29, 0.717) is 5.92 Å². The first-order valence-corrected chi connectivity index (χ1v) is 7.39. The Morgan fingerprint density at radius 1 is 1.05 bits per heavy atom. The van der Waals surface area contributed by atoms with Crippen molar-refractivity contribution in [2.24, 2.45) is 5.92 Å². The van der Waals surface area contributed by atoms with Crippen LogP contribution in [-0.2, 0) is 16.0 Å². The highest BCUT2D eigenvalue weighted by atomic mass is 35.5. The Morgan fingerprint density at radius 2 is 1.68 bits per heavy atom. The number of piperidine rings is 1. The molecule has 0 spiro atoms. The van der Waals surface area contributed by atoms with Gasteiger partial charge in [-0.1, -0.05) is 23.7 Å². The molecule has 104 valence electrons. The van der Waals surface area contributed by atoms with Crippen molar-refractivity contribution in [1.29, 1.82) is 0 Å². The smallest absolute Gasteiger partial charge is 0.160 e. The lowest BCUT2D eigenvalue weighted by Crippen LogP contribution is -2.37. The molecule has 0 aromatic heterocycles. The third-order valence-electron chi connectivity index (χ3n) is 3.98. The van der Waals surface area contributed by atoms with E-state index in [1.54, 1.807) is 0 Å². The van der Waals surface area contributed by atoms with Crippen molar-refractivity contribution in [3.05, 3.63) is 34.9 Å². The standard InChI is InChI=1S/C15H20ClNO2/c16-14-3-1-12(2-4-14)11-17-7-5-13(6-8-17)15-18-9-10-19-15/h1-4,13,15H,5-11H2. The molecular formula is C15H20ClNO2. The second kappa shape index (κ2) is 6.23. The van der Waals surface area contributed by atoms with Crippen LogP contribution in [0.3, 0.4) is 0 Å². The number of hydrogen-bond donors (Lipinski definition) is 0. The fourth-order valence-corrected chi connectivity index (χ4v) is 3.01. The van der Waals surface area contributed by atoms with E-state index in [-0.39, 0.29) is 6.29 Å². The third-order valence-corrected chi connectivity index (χ3v) is 4.24. The number of rotatable bonds is 3. The average Bonchev–Trinajstić information content (AvgIpc) is 2.96. The van der Waals surface area contributed by atoms with Crippen molar-refractivity contribution in [1.82, 2.24) is 4.90 Å². The van der Waals surface area contributed by atoms with Crippen LogP contribution < -0.4 is 0 Å². The molecule has 0 aliphatic carbocycles. The maximum Gasteiger partial charge on any atom is 0.160 e. The van der Waals surface area contributed by atoms with Crippen LogP contribution in [0, 0.1) is 5.92 Å². The summed E-state index contributed by atoms with van der Waals surface area (Å²) in [5, 5.41) is 0.804. The molecule has 0 amide bonds. The van der Waals surface area contributed by atoms with Gasteiger partial charge in [-0.05, 0) is 43.6 Å². The van der Waals surface area contributed by atoms with Gasteiger partial charge in [-0.15, -0.1) is 0 Å². The molecule has 1 aromatic carbocycles. The maximum absolute atomic E-state index is 5.90. The summed E-state index contributed by atoms with van der Waals surface area (Å²) in [5.74, 6) is 0.573. The lowest BCUT2D eigenvalue weighted by molar-refractivity contribution is -0.0977. The summed E-state index contributed by atoms with van der Waals surface area (Å²) in [7, 11) is 0. The van der Waals surface area contributed by atoms with Gasteiger partial charge in [-0.3, -0.25) is 4.90 Å². The van der Waals surface area contributed by atoms with Gasteiger partial charge in [0.25, 0.3) is 0 Å². The van der Waals surface area contributed by atoms with Gasteiger partial charge in [0.1, 0.15) is 0 Å². The second-order valence-electron chi connectivity index (χ2n) is 5.35. The third kappa shape index (κ3) is 3.48. The number of likely N-dealkylation sites (tertiary alicyclic amines) is 1. The van der Waals surface area contributed by atoms with Crippen LogP contribution >= 0.6 is 11.6 Å².